The molecule has 8 nitrogen and oxygen atoms in total. The number of amides is 1. The van der Waals surface area contributed by atoms with Crippen LogP contribution in [0.15, 0.2) is 59.7 Å². The number of nitrogens with zero attached hydrogens (tertiary/aromatic N) is 5. The Morgan fingerprint density at radius 1 is 1.12 bits per heavy atom. The maximum absolute atomic E-state index is 12.4. The van der Waals surface area contributed by atoms with Crippen molar-refractivity contribution < 1.29 is 4.79 Å². The maximum atomic E-state index is 12.4. The lowest BCUT2D eigenvalue weighted by atomic mass is 10.2. The lowest BCUT2D eigenvalue weighted by Crippen LogP contribution is -2.29. The molecule has 0 radical (unpaired) electrons. The molecule has 0 atom stereocenters. The van der Waals surface area contributed by atoms with Crippen molar-refractivity contribution in [2.24, 2.45) is 0 Å². The van der Waals surface area contributed by atoms with Crippen LogP contribution in [-0.4, -0.2) is 29.4 Å². The lowest BCUT2D eigenvalue weighted by molar-refractivity contribution is -0.117. The van der Waals surface area contributed by atoms with E-state index in [0.29, 0.717) is 22.4 Å². The first-order valence-electron chi connectivity index (χ1n) is 7.70. The van der Waals surface area contributed by atoms with Gasteiger partial charge < -0.3 is 5.32 Å². The van der Waals surface area contributed by atoms with Gasteiger partial charge in [0.25, 0.3) is 5.56 Å². The summed E-state index contributed by atoms with van der Waals surface area (Å²) in [5.74, 6) is -0.372. The highest BCUT2D eigenvalue weighted by molar-refractivity contribution is 7.00. The minimum atomic E-state index is -0.372. The number of aromatic nitrogens is 5. The Balaban J connectivity index is 1.58. The summed E-state index contributed by atoms with van der Waals surface area (Å²) in [5.41, 5.74) is 2.85. The van der Waals surface area contributed by atoms with Crippen molar-refractivity contribution in [1.29, 1.82) is 0 Å². The van der Waals surface area contributed by atoms with Gasteiger partial charge in [0, 0.05) is 24.0 Å². The molecule has 1 amide bonds. The van der Waals surface area contributed by atoms with E-state index in [4.69, 9.17) is 0 Å². The predicted molar refractivity (Wildman–Crippen MR) is 97.8 cm³/mol. The summed E-state index contributed by atoms with van der Waals surface area (Å²) in [7, 11) is 0. The molecule has 26 heavy (non-hydrogen) atoms. The van der Waals surface area contributed by atoms with E-state index < -0.39 is 0 Å². The molecule has 0 saturated heterocycles. The van der Waals surface area contributed by atoms with Gasteiger partial charge in [-0.3, -0.25) is 14.6 Å². The molecule has 0 fully saturated rings. The fourth-order valence-electron chi connectivity index (χ4n) is 2.46. The lowest BCUT2D eigenvalue weighted by Gasteiger charge is -2.08. The third-order valence-electron chi connectivity index (χ3n) is 3.68. The molecule has 1 N–H and O–H groups in total. The molecule has 4 rings (SSSR count). The third kappa shape index (κ3) is 3.20. The van der Waals surface area contributed by atoms with Crippen LogP contribution >= 0.6 is 11.7 Å². The fraction of sp³-hybridized carbons (Fsp3) is 0.0588. The molecule has 0 bridgehead atoms. The standard InChI is InChI=1S/C17H12N6O2S/c24-15(19-13-4-1-5-14-17(13)22-26-21-14)10-23-16(25)7-6-12(20-23)11-3-2-8-18-9-11/h1-9H,10H2,(H,19,24). The van der Waals surface area contributed by atoms with E-state index in [0.717, 1.165) is 22.0 Å². The summed E-state index contributed by atoms with van der Waals surface area (Å²) >= 11 is 1.08. The van der Waals surface area contributed by atoms with Crippen LogP contribution in [-0.2, 0) is 11.3 Å². The summed E-state index contributed by atoms with van der Waals surface area (Å²) in [6.07, 6.45) is 3.30. The largest absolute Gasteiger partial charge is 0.322 e. The van der Waals surface area contributed by atoms with Crippen LogP contribution in [0.3, 0.4) is 0 Å². The van der Waals surface area contributed by atoms with Gasteiger partial charge in [-0.2, -0.15) is 13.8 Å². The minimum absolute atomic E-state index is 0.207. The monoisotopic (exact) mass is 364 g/mol. The first-order valence-corrected chi connectivity index (χ1v) is 8.43. The van der Waals surface area contributed by atoms with Gasteiger partial charge in [-0.05, 0) is 30.3 Å². The summed E-state index contributed by atoms with van der Waals surface area (Å²) in [5, 5.41) is 7.01. The number of anilines is 1. The minimum Gasteiger partial charge on any atom is -0.322 e. The first-order chi connectivity index (χ1) is 12.7. The first kappa shape index (κ1) is 16.0. The van der Waals surface area contributed by atoms with Crippen LogP contribution in [0.25, 0.3) is 22.3 Å². The molecule has 0 aliphatic rings. The number of pyridine rings is 1. The Morgan fingerprint density at radius 2 is 2.04 bits per heavy atom. The summed E-state index contributed by atoms with van der Waals surface area (Å²) in [6, 6.07) is 11.9. The zero-order chi connectivity index (χ0) is 17.9. The highest BCUT2D eigenvalue weighted by Crippen LogP contribution is 2.21. The molecule has 0 unspecified atom stereocenters. The summed E-state index contributed by atoms with van der Waals surface area (Å²) in [4.78, 5) is 28.5. The normalized spacial score (nSPS) is 10.8. The SMILES string of the molecule is O=C(Cn1nc(-c2cccnc2)ccc1=O)Nc1cccc2nsnc12. The van der Waals surface area contributed by atoms with E-state index in [-0.39, 0.29) is 18.0 Å². The van der Waals surface area contributed by atoms with Crippen LogP contribution in [0.4, 0.5) is 5.69 Å². The molecule has 0 aliphatic heterocycles. The van der Waals surface area contributed by atoms with Crippen LogP contribution < -0.4 is 10.9 Å². The summed E-state index contributed by atoms with van der Waals surface area (Å²) < 4.78 is 9.43. The van der Waals surface area contributed by atoms with Gasteiger partial charge in [0.15, 0.2) is 0 Å². The van der Waals surface area contributed by atoms with Gasteiger partial charge >= 0.3 is 0 Å². The molecule has 128 valence electrons. The summed E-state index contributed by atoms with van der Waals surface area (Å²) in [6.45, 7) is -0.207. The molecule has 3 heterocycles. The second kappa shape index (κ2) is 6.81. The molecule has 3 aromatic heterocycles. The van der Waals surface area contributed by atoms with Crippen molar-refractivity contribution in [3.63, 3.8) is 0 Å². The average Bonchev–Trinajstić information content (AvgIpc) is 3.14. The number of fused-ring (bicyclic) bond motifs is 1. The fourth-order valence-corrected chi connectivity index (χ4v) is 3.01. The Bertz CT molecular complexity index is 1140. The van der Waals surface area contributed by atoms with Crippen LogP contribution in [0.2, 0.25) is 0 Å². The van der Waals surface area contributed by atoms with Gasteiger partial charge in [-0.15, -0.1) is 0 Å². The number of benzene rings is 1. The molecule has 0 aliphatic carbocycles. The predicted octanol–water partition coefficient (Wildman–Crippen LogP) is 1.95. The van der Waals surface area contributed by atoms with Gasteiger partial charge in [0.2, 0.25) is 5.91 Å². The maximum Gasteiger partial charge on any atom is 0.267 e. The average molecular weight is 364 g/mol. The van der Waals surface area contributed by atoms with Crippen LogP contribution in [0, 0.1) is 0 Å². The second-order valence-electron chi connectivity index (χ2n) is 5.44. The molecular formula is C17H12N6O2S. The third-order valence-corrected chi connectivity index (χ3v) is 4.22. The van der Waals surface area contributed by atoms with Gasteiger partial charge in [0.1, 0.15) is 17.6 Å². The smallest absolute Gasteiger partial charge is 0.267 e. The van der Waals surface area contributed by atoms with Crippen molar-refractivity contribution in [3.05, 3.63) is 65.2 Å². The van der Waals surface area contributed by atoms with Crippen molar-refractivity contribution in [2.45, 2.75) is 6.54 Å². The van der Waals surface area contributed by atoms with Crippen LogP contribution in [0.5, 0.6) is 0 Å². The quantitative estimate of drug-likeness (QED) is 0.594. The van der Waals surface area contributed by atoms with E-state index in [2.05, 4.69) is 24.1 Å². The highest BCUT2D eigenvalue weighted by Gasteiger charge is 2.11. The molecule has 1 aromatic carbocycles. The molecule has 0 saturated carbocycles. The van der Waals surface area contributed by atoms with E-state index in [1.807, 2.05) is 12.1 Å². The van der Waals surface area contributed by atoms with Gasteiger partial charge in [-0.25, -0.2) is 4.68 Å². The van der Waals surface area contributed by atoms with E-state index in [1.54, 1.807) is 36.7 Å². The zero-order valence-corrected chi connectivity index (χ0v) is 14.2. The number of nitrogens with one attached hydrogen (secondary N) is 1. The molecule has 0 spiro atoms. The van der Waals surface area contributed by atoms with E-state index in [9.17, 15) is 9.59 Å². The van der Waals surface area contributed by atoms with Crippen molar-refractivity contribution in [1.82, 2.24) is 23.5 Å². The zero-order valence-electron chi connectivity index (χ0n) is 13.4. The highest BCUT2D eigenvalue weighted by atomic mass is 32.1. The van der Waals surface area contributed by atoms with E-state index >= 15 is 0 Å². The Hall–Kier alpha value is -3.46. The Kier molecular flexibility index (Phi) is 4.20. The Labute approximate surface area is 151 Å². The number of carbonyl (C=O) groups excluding carboxylic acids is 1. The number of hydrogen-bond donors (Lipinski definition) is 1. The number of rotatable bonds is 4. The van der Waals surface area contributed by atoms with E-state index in [1.165, 1.54) is 6.07 Å². The van der Waals surface area contributed by atoms with Crippen molar-refractivity contribution >= 4 is 34.4 Å². The van der Waals surface area contributed by atoms with Crippen molar-refractivity contribution in [3.8, 4) is 11.3 Å². The number of carbonyl (C=O) groups is 1. The van der Waals surface area contributed by atoms with Gasteiger partial charge in [0.05, 0.1) is 23.1 Å². The molecule has 4 aromatic rings. The topological polar surface area (TPSA) is 103 Å². The number of hydrogen-bond acceptors (Lipinski definition) is 7. The van der Waals surface area contributed by atoms with Gasteiger partial charge in [-0.1, -0.05) is 6.07 Å². The van der Waals surface area contributed by atoms with Crippen LogP contribution in [0.1, 0.15) is 0 Å². The second-order valence-corrected chi connectivity index (χ2v) is 5.97. The molecule has 9 heteroatoms. The molecular weight excluding hydrogens is 352 g/mol. The Morgan fingerprint density at radius 3 is 2.88 bits per heavy atom. The van der Waals surface area contributed by atoms with Crippen molar-refractivity contribution in [2.75, 3.05) is 5.32 Å².